The molecule has 0 atom stereocenters. The molecule has 5 heteroatoms. The van der Waals surface area contributed by atoms with Crippen LogP contribution >= 0.6 is 11.6 Å². The summed E-state index contributed by atoms with van der Waals surface area (Å²) in [7, 11) is 0. The van der Waals surface area contributed by atoms with Gasteiger partial charge in [-0.05, 0) is 18.2 Å². The third kappa shape index (κ3) is 1.71. The molecular weight excluding hydrogens is 218 g/mol. The van der Waals surface area contributed by atoms with Crippen LogP contribution in [0.2, 0.25) is 5.02 Å². The van der Waals surface area contributed by atoms with Crippen LogP contribution < -0.4 is 5.43 Å². The molecule has 4 nitrogen and oxygen atoms in total. The zero-order chi connectivity index (χ0) is 10.8. The van der Waals surface area contributed by atoms with Crippen molar-refractivity contribution in [2.75, 3.05) is 0 Å². The molecule has 0 bridgehead atoms. The first-order valence-corrected chi connectivity index (χ1v) is 4.48. The maximum Gasteiger partial charge on any atom is 0.201 e. The number of hydrogen-bond donors (Lipinski definition) is 1. The first-order chi connectivity index (χ1) is 7.22. The quantitative estimate of drug-likeness (QED) is 0.458. The lowest BCUT2D eigenvalue weighted by Crippen LogP contribution is -2.07. The van der Waals surface area contributed by atoms with Crippen molar-refractivity contribution in [2.45, 2.75) is 0 Å². The molecule has 0 saturated heterocycles. The molecule has 1 aromatic heterocycles. The van der Waals surface area contributed by atoms with Crippen LogP contribution in [0.15, 0.2) is 38.8 Å². The zero-order valence-corrected chi connectivity index (χ0v) is 8.23. The zero-order valence-electron chi connectivity index (χ0n) is 7.48. The van der Waals surface area contributed by atoms with Gasteiger partial charge >= 0.3 is 0 Å². The molecule has 0 saturated carbocycles. The summed E-state index contributed by atoms with van der Waals surface area (Å²) in [6.07, 6.45) is 2.25. The Hall–Kier alpha value is -1.81. The maximum absolute atomic E-state index is 11.7. The summed E-state index contributed by atoms with van der Waals surface area (Å²) in [5.74, 6) is 0. The molecule has 1 heterocycles. The topological polar surface area (TPSA) is 62.8 Å². The predicted octanol–water partition coefficient (Wildman–Crippen LogP) is 2.25. The summed E-state index contributed by atoms with van der Waals surface area (Å²) in [6, 6.07) is 4.75. The Morgan fingerprint density at radius 1 is 1.47 bits per heavy atom. The van der Waals surface area contributed by atoms with Gasteiger partial charge in [-0.1, -0.05) is 16.8 Å². The van der Waals surface area contributed by atoms with Gasteiger partial charge in [-0.25, -0.2) is 0 Å². The van der Waals surface area contributed by atoms with E-state index in [9.17, 15) is 4.79 Å². The van der Waals surface area contributed by atoms with E-state index in [4.69, 9.17) is 21.2 Å². The van der Waals surface area contributed by atoms with Gasteiger partial charge < -0.3 is 9.62 Å². The minimum atomic E-state index is -0.281. The van der Waals surface area contributed by atoms with Gasteiger partial charge in [0.25, 0.3) is 0 Å². The Morgan fingerprint density at radius 2 is 2.27 bits per heavy atom. The van der Waals surface area contributed by atoms with Crippen LogP contribution in [0.5, 0.6) is 0 Å². The molecule has 76 valence electrons. The van der Waals surface area contributed by atoms with E-state index in [0.717, 1.165) is 6.21 Å². The smallest absolute Gasteiger partial charge is 0.201 e. The van der Waals surface area contributed by atoms with E-state index in [1.165, 1.54) is 12.3 Å². The Morgan fingerprint density at radius 3 is 3.00 bits per heavy atom. The van der Waals surface area contributed by atoms with Crippen LogP contribution in [0.4, 0.5) is 0 Å². The molecule has 0 spiro atoms. The average Bonchev–Trinajstić information content (AvgIpc) is 2.23. The number of fused-ring (bicyclic) bond motifs is 1. The van der Waals surface area contributed by atoms with Crippen molar-refractivity contribution >= 4 is 28.8 Å². The lowest BCUT2D eigenvalue weighted by atomic mass is 10.2. The highest BCUT2D eigenvalue weighted by Gasteiger charge is 2.05. The summed E-state index contributed by atoms with van der Waals surface area (Å²) >= 11 is 5.76. The Labute approximate surface area is 89.4 Å². The van der Waals surface area contributed by atoms with Gasteiger partial charge in [-0.15, -0.1) is 0 Å². The summed E-state index contributed by atoms with van der Waals surface area (Å²) in [6.45, 7) is 0. The van der Waals surface area contributed by atoms with E-state index in [0.29, 0.717) is 16.0 Å². The molecule has 2 aromatic rings. The van der Waals surface area contributed by atoms with Crippen molar-refractivity contribution in [3.05, 3.63) is 45.3 Å². The first-order valence-electron chi connectivity index (χ1n) is 4.11. The monoisotopic (exact) mass is 223 g/mol. The van der Waals surface area contributed by atoms with E-state index < -0.39 is 0 Å². The lowest BCUT2D eigenvalue weighted by molar-refractivity contribution is 0.321. The van der Waals surface area contributed by atoms with E-state index >= 15 is 0 Å². The summed E-state index contributed by atoms with van der Waals surface area (Å²) in [5.41, 5.74) is 0.336. The van der Waals surface area contributed by atoms with Gasteiger partial charge in [0.05, 0.1) is 17.2 Å². The second kappa shape index (κ2) is 3.74. The molecule has 1 N–H and O–H groups in total. The second-order valence-corrected chi connectivity index (χ2v) is 3.34. The van der Waals surface area contributed by atoms with Crippen LogP contribution in [0.1, 0.15) is 5.56 Å². The fourth-order valence-corrected chi connectivity index (χ4v) is 1.44. The largest absolute Gasteiger partial charge is 0.463 e. The summed E-state index contributed by atoms with van der Waals surface area (Å²) in [5, 5.41) is 11.9. The van der Waals surface area contributed by atoms with Crippen molar-refractivity contribution in [2.24, 2.45) is 5.16 Å². The summed E-state index contributed by atoms with van der Waals surface area (Å²) in [4.78, 5) is 11.7. The Balaban J connectivity index is 2.83. The van der Waals surface area contributed by atoms with Gasteiger partial charge in [0, 0.05) is 5.02 Å². The molecule has 0 aliphatic carbocycles. The SMILES string of the molecule is O=c1c(/C=N/O)coc2ccc(Cl)cc12. The highest BCUT2D eigenvalue weighted by atomic mass is 35.5. The van der Waals surface area contributed by atoms with Crippen LogP contribution in [0.25, 0.3) is 11.0 Å². The number of oxime groups is 1. The minimum Gasteiger partial charge on any atom is -0.463 e. The fourth-order valence-electron chi connectivity index (χ4n) is 1.27. The highest BCUT2D eigenvalue weighted by molar-refractivity contribution is 6.31. The average molecular weight is 224 g/mol. The predicted molar refractivity (Wildman–Crippen MR) is 56.9 cm³/mol. The standard InChI is InChI=1S/C10H6ClNO3/c11-7-1-2-9-8(3-7)10(13)6(4-12-14)5-15-9/h1-5,14H/b12-4+. The minimum absolute atomic E-state index is 0.173. The van der Waals surface area contributed by atoms with Crippen LogP contribution in [-0.4, -0.2) is 11.4 Å². The Kier molecular flexibility index (Phi) is 2.43. The molecule has 0 radical (unpaired) electrons. The number of rotatable bonds is 1. The van der Waals surface area contributed by atoms with Crippen LogP contribution in [-0.2, 0) is 0 Å². The normalized spacial score (nSPS) is 11.3. The van der Waals surface area contributed by atoms with Gasteiger partial charge in [0.1, 0.15) is 11.8 Å². The van der Waals surface area contributed by atoms with Gasteiger partial charge in [0.2, 0.25) is 5.43 Å². The van der Waals surface area contributed by atoms with Crippen molar-refractivity contribution in [3.8, 4) is 0 Å². The molecule has 0 aliphatic heterocycles. The van der Waals surface area contributed by atoms with Gasteiger partial charge in [-0.3, -0.25) is 4.79 Å². The highest BCUT2D eigenvalue weighted by Crippen LogP contribution is 2.16. The third-order valence-electron chi connectivity index (χ3n) is 1.96. The van der Waals surface area contributed by atoms with Crippen LogP contribution in [0.3, 0.4) is 0 Å². The van der Waals surface area contributed by atoms with Gasteiger partial charge in [0.15, 0.2) is 0 Å². The van der Waals surface area contributed by atoms with E-state index in [-0.39, 0.29) is 11.0 Å². The third-order valence-corrected chi connectivity index (χ3v) is 2.19. The van der Waals surface area contributed by atoms with E-state index in [1.54, 1.807) is 12.1 Å². The molecule has 1 aromatic carbocycles. The van der Waals surface area contributed by atoms with Crippen LogP contribution in [0, 0.1) is 0 Å². The summed E-state index contributed by atoms with van der Waals surface area (Å²) < 4.78 is 5.17. The lowest BCUT2D eigenvalue weighted by Gasteiger charge is -1.97. The number of halogens is 1. The fraction of sp³-hybridized carbons (Fsp3) is 0. The molecule has 0 amide bonds. The molecular formula is C10H6ClNO3. The van der Waals surface area contributed by atoms with Crippen molar-refractivity contribution in [3.63, 3.8) is 0 Å². The number of benzene rings is 1. The molecule has 0 aliphatic rings. The van der Waals surface area contributed by atoms with E-state index in [1.807, 2.05) is 0 Å². The van der Waals surface area contributed by atoms with Crippen molar-refractivity contribution in [1.29, 1.82) is 0 Å². The maximum atomic E-state index is 11.7. The van der Waals surface area contributed by atoms with Crippen molar-refractivity contribution in [1.82, 2.24) is 0 Å². The first kappa shape index (κ1) is 9.73. The molecule has 0 unspecified atom stereocenters. The van der Waals surface area contributed by atoms with Gasteiger partial charge in [-0.2, -0.15) is 0 Å². The van der Waals surface area contributed by atoms with Crippen molar-refractivity contribution < 1.29 is 9.62 Å². The second-order valence-electron chi connectivity index (χ2n) is 2.91. The molecule has 15 heavy (non-hydrogen) atoms. The molecule has 0 fully saturated rings. The van der Waals surface area contributed by atoms with E-state index in [2.05, 4.69) is 5.16 Å². The number of hydrogen-bond acceptors (Lipinski definition) is 4. The number of nitrogens with zero attached hydrogens (tertiary/aromatic N) is 1. The molecule has 2 rings (SSSR count). The Bertz CT molecular complexity index is 589.